The Morgan fingerprint density at radius 3 is 2.71 bits per heavy atom. The highest BCUT2D eigenvalue weighted by Crippen LogP contribution is 2.31. The fourth-order valence-corrected chi connectivity index (χ4v) is 3.82. The lowest BCUT2D eigenvalue weighted by Crippen LogP contribution is -2.55. The van der Waals surface area contributed by atoms with Crippen LogP contribution in [-0.4, -0.2) is 71.5 Å². The number of alkyl halides is 3. The van der Waals surface area contributed by atoms with E-state index in [0.717, 1.165) is 37.8 Å². The van der Waals surface area contributed by atoms with Gasteiger partial charge in [0.15, 0.2) is 0 Å². The number of nitrogens with one attached hydrogen (secondary N) is 3. The number of piperidine rings is 1. The van der Waals surface area contributed by atoms with Crippen molar-refractivity contribution in [3.63, 3.8) is 0 Å². The Bertz CT molecular complexity index is 922. The van der Waals surface area contributed by atoms with Gasteiger partial charge in [0.25, 0.3) is 0 Å². The average molecular weight is 484 g/mol. The second kappa shape index (κ2) is 11.2. The maximum Gasteiger partial charge on any atom is 0.573 e. The van der Waals surface area contributed by atoms with Crippen molar-refractivity contribution >= 4 is 17.6 Å². The molecule has 1 aromatic rings. The van der Waals surface area contributed by atoms with E-state index in [-0.39, 0.29) is 42.0 Å². The van der Waals surface area contributed by atoms with Crippen molar-refractivity contribution in [3.05, 3.63) is 36.2 Å². The van der Waals surface area contributed by atoms with Crippen LogP contribution in [-0.2, 0) is 4.79 Å². The molecule has 0 unspecified atom stereocenters. The number of hydrogen-bond acceptors (Lipinski definition) is 7. The van der Waals surface area contributed by atoms with Crippen LogP contribution in [0.25, 0.3) is 0 Å². The molecule has 1 heterocycles. The molecule has 13 heteroatoms. The second-order valence-electron chi connectivity index (χ2n) is 8.06. The molecule has 186 valence electrons. The minimum absolute atomic E-state index is 0.0732. The third kappa shape index (κ3) is 7.33. The summed E-state index contributed by atoms with van der Waals surface area (Å²) in [6.45, 7) is 0.247. The molecule has 3 rings (SSSR count). The van der Waals surface area contributed by atoms with E-state index >= 15 is 0 Å². The number of carbonyl (C=O) groups excluding carboxylic acids is 2. The Morgan fingerprint density at radius 2 is 2.06 bits per heavy atom. The van der Waals surface area contributed by atoms with E-state index < -0.39 is 18.7 Å². The van der Waals surface area contributed by atoms with Crippen LogP contribution in [0, 0.1) is 5.53 Å². The van der Waals surface area contributed by atoms with Crippen molar-refractivity contribution in [2.75, 3.05) is 31.6 Å². The summed E-state index contributed by atoms with van der Waals surface area (Å²) in [6, 6.07) is 4.74. The first kappa shape index (κ1) is 25.3. The molecule has 0 aromatic heterocycles. The Kier molecular flexibility index (Phi) is 8.31. The summed E-state index contributed by atoms with van der Waals surface area (Å²) in [7, 11) is 0. The summed E-state index contributed by atoms with van der Waals surface area (Å²) in [5.41, 5.74) is 7.76. The topological polar surface area (TPSA) is 130 Å². The van der Waals surface area contributed by atoms with E-state index in [1.165, 1.54) is 18.3 Å². The SMILES string of the molecule is N=N/C(=C\Nc1cccc(OC(F)(F)F)c1)CNC(=O)N(C1CC1)[C@@H]1CCCN(C(=O)CO)C1. The van der Waals surface area contributed by atoms with Crippen LogP contribution < -0.4 is 15.4 Å². The first-order valence-corrected chi connectivity index (χ1v) is 10.8. The Labute approximate surface area is 194 Å². The normalized spacial score (nSPS) is 18.8. The molecule has 0 bridgehead atoms. The fourth-order valence-electron chi connectivity index (χ4n) is 3.82. The largest absolute Gasteiger partial charge is 0.573 e. The van der Waals surface area contributed by atoms with Gasteiger partial charge in [0, 0.05) is 37.1 Å². The number of benzene rings is 1. The Hall–Kier alpha value is -3.35. The predicted octanol–water partition coefficient (Wildman–Crippen LogP) is 3.03. The van der Waals surface area contributed by atoms with E-state index in [1.54, 1.807) is 9.80 Å². The molecule has 1 aliphatic heterocycles. The number of hydrogen-bond donors (Lipinski definition) is 4. The van der Waals surface area contributed by atoms with E-state index in [1.807, 2.05) is 0 Å². The van der Waals surface area contributed by atoms with E-state index in [2.05, 4.69) is 20.5 Å². The average Bonchev–Trinajstić information content (AvgIpc) is 3.63. The molecule has 1 aromatic carbocycles. The second-order valence-corrected chi connectivity index (χ2v) is 8.06. The molecule has 1 saturated carbocycles. The molecule has 10 nitrogen and oxygen atoms in total. The molecule has 0 spiro atoms. The molecule has 34 heavy (non-hydrogen) atoms. The summed E-state index contributed by atoms with van der Waals surface area (Å²) in [6.07, 6.45) is -0.315. The molecule has 4 N–H and O–H groups in total. The van der Waals surface area contributed by atoms with Gasteiger partial charge in [0.1, 0.15) is 12.4 Å². The molecular weight excluding hydrogens is 457 g/mol. The van der Waals surface area contributed by atoms with E-state index in [9.17, 15) is 22.8 Å². The van der Waals surface area contributed by atoms with Crippen LogP contribution in [0.2, 0.25) is 0 Å². The highest BCUT2D eigenvalue weighted by molar-refractivity contribution is 5.78. The van der Waals surface area contributed by atoms with Gasteiger partial charge < -0.3 is 30.3 Å². The lowest BCUT2D eigenvalue weighted by Gasteiger charge is -2.39. The highest BCUT2D eigenvalue weighted by Gasteiger charge is 2.39. The monoisotopic (exact) mass is 484 g/mol. The van der Waals surface area contributed by atoms with Gasteiger partial charge in [-0.1, -0.05) is 6.07 Å². The van der Waals surface area contributed by atoms with Crippen LogP contribution in [0.1, 0.15) is 25.7 Å². The maximum absolute atomic E-state index is 12.9. The van der Waals surface area contributed by atoms with Crippen LogP contribution in [0.5, 0.6) is 5.75 Å². The fraction of sp³-hybridized carbons (Fsp3) is 0.524. The van der Waals surface area contributed by atoms with Crippen molar-refractivity contribution < 1.29 is 32.6 Å². The number of urea groups is 1. The molecule has 3 amide bonds. The lowest BCUT2D eigenvalue weighted by atomic mass is 10.0. The van der Waals surface area contributed by atoms with Crippen LogP contribution >= 0.6 is 0 Å². The summed E-state index contributed by atoms with van der Waals surface area (Å²) in [5.74, 6) is -0.764. The molecule has 1 atom stereocenters. The van der Waals surface area contributed by atoms with Gasteiger partial charge in [0.05, 0.1) is 18.3 Å². The number of aliphatic hydroxyl groups excluding tert-OH is 1. The van der Waals surface area contributed by atoms with Crippen molar-refractivity contribution in [1.82, 2.24) is 15.1 Å². The third-order valence-electron chi connectivity index (χ3n) is 5.49. The molecule has 2 fully saturated rings. The number of likely N-dealkylation sites (tertiary alicyclic amines) is 1. The number of halogens is 3. The van der Waals surface area contributed by atoms with Gasteiger partial charge in [-0.25, -0.2) is 10.3 Å². The van der Waals surface area contributed by atoms with E-state index in [0.29, 0.717) is 13.1 Å². The first-order chi connectivity index (χ1) is 16.2. The van der Waals surface area contributed by atoms with Gasteiger partial charge in [-0.05, 0) is 37.8 Å². The minimum atomic E-state index is -4.81. The number of anilines is 1. The van der Waals surface area contributed by atoms with E-state index in [4.69, 9.17) is 10.6 Å². The van der Waals surface area contributed by atoms with Gasteiger partial charge in [0.2, 0.25) is 5.91 Å². The number of rotatable bonds is 9. The summed E-state index contributed by atoms with van der Waals surface area (Å²) in [5, 5.41) is 18.0. The molecular formula is C21H27F3N6O4. The third-order valence-corrected chi connectivity index (χ3v) is 5.49. The Morgan fingerprint density at radius 1 is 1.29 bits per heavy atom. The van der Waals surface area contributed by atoms with Gasteiger partial charge in [-0.2, -0.15) is 5.11 Å². The number of nitrogens with zero attached hydrogens (tertiary/aromatic N) is 3. The molecule has 1 aliphatic carbocycles. The molecule has 1 saturated heterocycles. The zero-order chi connectivity index (χ0) is 24.7. The summed E-state index contributed by atoms with van der Waals surface area (Å²) in [4.78, 5) is 28.1. The smallest absolute Gasteiger partial charge is 0.406 e. The predicted molar refractivity (Wildman–Crippen MR) is 115 cm³/mol. The number of ether oxygens (including phenoxy) is 1. The first-order valence-electron chi connectivity index (χ1n) is 10.8. The zero-order valence-corrected chi connectivity index (χ0v) is 18.3. The van der Waals surface area contributed by atoms with Crippen LogP contribution in [0.4, 0.5) is 23.7 Å². The lowest BCUT2D eigenvalue weighted by molar-refractivity contribution is -0.274. The standard InChI is InChI=1S/C21H27F3N6O4/c22-21(23,24)34-18-5-1-3-14(9-18)26-10-15(28-25)11-27-20(33)30(16-6-7-16)17-4-2-8-29(12-17)19(32)13-31/h1,3,5,9-10,16-17,25-26,31H,2,4,6-8,11-13H2,(H,27,33)/b15-10-,28-25?/t17-/m1/s1. The number of aliphatic hydroxyl groups is 1. The summed E-state index contributed by atoms with van der Waals surface area (Å²) >= 11 is 0. The van der Waals surface area contributed by atoms with Crippen LogP contribution in [0.3, 0.4) is 0 Å². The van der Waals surface area contributed by atoms with Gasteiger partial charge >= 0.3 is 12.4 Å². The molecule has 0 radical (unpaired) electrons. The maximum atomic E-state index is 12.9. The van der Waals surface area contributed by atoms with Crippen LogP contribution in [0.15, 0.2) is 41.3 Å². The minimum Gasteiger partial charge on any atom is -0.406 e. The van der Waals surface area contributed by atoms with Crippen molar-refractivity contribution in [3.8, 4) is 5.75 Å². The Balaban J connectivity index is 1.58. The quantitative estimate of drug-likeness (QED) is 0.400. The highest BCUT2D eigenvalue weighted by atomic mass is 19.4. The summed E-state index contributed by atoms with van der Waals surface area (Å²) < 4.78 is 41.0. The molecule has 2 aliphatic rings. The van der Waals surface area contributed by atoms with Crippen molar-refractivity contribution in [2.24, 2.45) is 5.11 Å². The number of carbonyl (C=O) groups is 2. The van der Waals surface area contributed by atoms with Crippen molar-refractivity contribution in [2.45, 2.75) is 44.1 Å². The van der Waals surface area contributed by atoms with Gasteiger partial charge in [-0.3, -0.25) is 4.79 Å². The number of amides is 3. The zero-order valence-electron chi connectivity index (χ0n) is 18.3. The van der Waals surface area contributed by atoms with Crippen molar-refractivity contribution in [1.29, 1.82) is 5.53 Å². The van der Waals surface area contributed by atoms with Gasteiger partial charge in [-0.15, -0.1) is 13.2 Å².